The van der Waals surface area contributed by atoms with Gasteiger partial charge in [0.25, 0.3) is 0 Å². The predicted molar refractivity (Wildman–Crippen MR) is 79.8 cm³/mol. The fraction of sp³-hybridized carbons (Fsp3) is 0.0667. The third-order valence-electron chi connectivity index (χ3n) is 3.08. The van der Waals surface area contributed by atoms with Gasteiger partial charge >= 0.3 is 0 Å². The summed E-state index contributed by atoms with van der Waals surface area (Å²) >= 11 is 5.88. The van der Waals surface area contributed by atoms with Crippen LogP contribution in [0.1, 0.15) is 0 Å². The van der Waals surface area contributed by atoms with Gasteiger partial charge in [-0.2, -0.15) is 0 Å². The molecule has 3 rings (SSSR count). The molecule has 0 aliphatic rings. The lowest BCUT2D eigenvalue weighted by Crippen LogP contribution is -2.18. The fourth-order valence-corrected chi connectivity index (χ4v) is 2.29. The van der Waals surface area contributed by atoms with Gasteiger partial charge < -0.3 is 9.88 Å². The summed E-state index contributed by atoms with van der Waals surface area (Å²) in [5.41, 5.74) is 1.12. The van der Waals surface area contributed by atoms with E-state index in [1.807, 2.05) is 6.07 Å². The molecule has 0 fully saturated rings. The lowest BCUT2D eigenvalue weighted by Gasteiger charge is -2.08. The monoisotopic (exact) mass is 303 g/mol. The Morgan fingerprint density at radius 2 is 2.19 bits per heavy atom. The largest absolute Gasteiger partial charge is 0.338 e. The summed E-state index contributed by atoms with van der Waals surface area (Å²) in [5, 5.41) is 3.79. The zero-order valence-corrected chi connectivity index (χ0v) is 11.6. The minimum Gasteiger partial charge on any atom is -0.338 e. The fourth-order valence-electron chi connectivity index (χ4n) is 2.12. The first kappa shape index (κ1) is 13.6. The number of aromatic nitrogens is 2. The van der Waals surface area contributed by atoms with Crippen molar-refractivity contribution in [3.63, 3.8) is 0 Å². The number of fused-ring (bicyclic) bond motifs is 1. The molecule has 0 atom stereocenters. The normalized spacial score (nSPS) is 10.8. The van der Waals surface area contributed by atoms with Crippen molar-refractivity contribution in [3.8, 4) is 0 Å². The van der Waals surface area contributed by atoms with Crippen LogP contribution in [0, 0.1) is 5.82 Å². The second-order valence-corrected chi connectivity index (χ2v) is 4.89. The maximum atomic E-state index is 13.3. The number of carbonyl (C=O) groups excluding carboxylic acids is 1. The number of hydrogen-bond donors (Lipinski definition) is 1. The van der Waals surface area contributed by atoms with Crippen LogP contribution < -0.4 is 5.32 Å². The lowest BCUT2D eigenvalue weighted by atomic mass is 10.2. The maximum Gasteiger partial charge on any atom is 0.244 e. The van der Waals surface area contributed by atoms with Crippen LogP contribution in [0.15, 0.2) is 48.8 Å². The van der Waals surface area contributed by atoms with E-state index in [4.69, 9.17) is 11.6 Å². The van der Waals surface area contributed by atoms with E-state index in [9.17, 15) is 9.18 Å². The first-order valence-corrected chi connectivity index (χ1v) is 6.66. The predicted octanol–water partition coefficient (Wildman–Crippen LogP) is 3.47. The Labute approximate surface area is 125 Å². The molecule has 1 N–H and O–H groups in total. The van der Waals surface area contributed by atoms with Gasteiger partial charge in [-0.05, 0) is 41.8 Å². The molecule has 106 valence electrons. The molecule has 21 heavy (non-hydrogen) atoms. The van der Waals surface area contributed by atoms with Crippen molar-refractivity contribution in [2.24, 2.45) is 0 Å². The van der Waals surface area contributed by atoms with Crippen LogP contribution in [-0.4, -0.2) is 15.5 Å². The summed E-state index contributed by atoms with van der Waals surface area (Å²) in [7, 11) is 0. The van der Waals surface area contributed by atoms with E-state index in [1.165, 1.54) is 12.1 Å². The standard InChI is InChI=1S/C15H11ClFN3O/c16-15-12(2-1-6-18-15)19-14(21)9-20-7-5-10-3-4-11(17)8-13(10)20/h1-8H,9H2,(H,19,21). The molecular formula is C15H11ClFN3O. The van der Waals surface area contributed by atoms with Crippen molar-refractivity contribution in [1.29, 1.82) is 0 Å². The minimum absolute atomic E-state index is 0.0676. The van der Waals surface area contributed by atoms with Crippen molar-refractivity contribution in [3.05, 3.63) is 59.8 Å². The Balaban J connectivity index is 1.80. The second kappa shape index (κ2) is 5.54. The van der Waals surface area contributed by atoms with Crippen molar-refractivity contribution in [1.82, 2.24) is 9.55 Å². The number of hydrogen-bond acceptors (Lipinski definition) is 2. The Morgan fingerprint density at radius 1 is 1.33 bits per heavy atom. The second-order valence-electron chi connectivity index (χ2n) is 4.54. The topological polar surface area (TPSA) is 46.9 Å². The van der Waals surface area contributed by atoms with Gasteiger partial charge in [0.2, 0.25) is 5.91 Å². The molecule has 6 heteroatoms. The quantitative estimate of drug-likeness (QED) is 0.753. The average molecular weight is 304 g/mol. The van der Waals surface area contributed by atoms with E-state index in [-0.39, 0.29) is 23.4 Å². The number of carbonyl (C=O) groups is 1. The molecule has 0 spiro atoms. The molecule has 3 aromatic rings. The minimum atomic E-state index is -0.335. The molecule has 0 aliphatic heterocycles. The number of benzene rings is 1. The van der Waals surface area contributed by atoms with E-state index in [1.54, 1.807) is 35.2 Å². The van der Waals surface area contributed by atoms with Gasteiger partial charge in [0.05, 0.1) is 11.2 Å². The molecular weight excluding hydrogens is 293 g/mol. The highest BCUT2D eigenvalue weighted by Gasteiger charge is 2.09. The van der Waals surface area contributed by atoms with Gasteiger partial charge in [-0.3, -0.25) is 4.79 Å². The van der Waals surface area contributed by atoms with Gasteiger partial charge in [-0.1, -0.05) is 11.6 Å². The average Bonchev–Trinajstić information content (AvgIpc) is 2.84. The van der Waals surface area contributed by atoms with Gasteiger partial charge in [-0.15, -0.1) is 0 Å². The van der Waals surface area contributed by atoms with Crippen LogP contribution >= 0.6 is 11.6 Å². The van der Waals surface area contributed by atoms with E-state index in [0.717, 1.165) is 5.39 Å². The first-order valence-electron chi connectivity index (χ1n) is 6.28. The molecule has 1 amide bonds. The highest BCUT2D eigenvalue weighted by molar-refractivity contribution is 6.32. The maximum absolute atomic E-state index is 13.3. The molecule has 0 bridgehead atoms. The first-order chi connectivity index (χ1) is 10.1. The molecule has 0 saturated carbocycles. The SMILES string of the molecule is O=C(Cn1ccc2ccc(F)cc21)Nc1cccnc1Cl. The van der Waals surface area contributed by atoms with Crippen LogP contribution in [0.5, 0.6) is 0 Å². The van der Waals surface area contributed by atoms with Gasteiger partial charge in [0.15, 0.2) is 5.15 Å². The molecule has 2 heterocycles. The van der Waals surface area contributed by atoms with Crippen molar-refractivity contribution in [2.45, 2.75) is 6.54 Å². The molecule has 1 aromatic carbocycles. The third kappa shape index (κ3) is 2.87. The van der Waals surface area contributed by atoms with Crippen molar-refractivity contribution in [2.75, 3.05) is 5.32 Å². The smallest absolute Gasteiger partial charge is 0.244 e. The van der Waals surface area contributed by atoms with Crippen LogP contribution in [0.4, 0.5) is 10.1 Å². The summed E-state index contributed by atoms with van der Waals surface area (Å²) in [6.45, 7) is 0.0676. The highest BCUT2D eigenvalue weighted by atomic mass is 35.5. The summed E-state index contributed by atoms with van der Waals surface area (Å²) < 4.78 is 15.0. The van der Waals surface area contributed by atoms with E-state index in [0.29, 0.717) is 11.2 Å². The van der Waals surface area contributed by atoms with E-state index >= 15 is 0 Å². The highest BCUT2D eigenvalue weighted by Crippen LogP contribution is 2.19. The third-order valence-corrected chi connectivity index (χ3v) is 3.38. The van der Waals surface area contributed by atoms with Crippen LogP contribution in [-0.2, 0) is 11.3 Å². The summed E-state index contributed by atoms with van der Waals surface area (Å²) in [5.74, 6) is -0.593. The number of rotatable bonds is 3. The molecule has 0 saturated heterocycles. The number of halogens is 2. The van der Waals surface area contributed by atoms with Crippen LogP contribution in [0.25, 0.3) is 10.9 Å². The zero-order chi connectivity index (χ0) is 14.8. The van der Waals surface area contributed by atoms with Crippen molar-refractivity contribution < 1.29 is 9.18 Å². The molecule has 4 nitrogen and oxygen atoms in total. The molecule has 0 radical (unpaired) electrons. The summed E-state index contributed by atoms with van der Waals surface area (Å²) in [4.78, 5) is 15.9. The van der Waals surface area contributed by atoms with Gasteiger partial charge in [0, 0.05) is 12.4 Å². The van der Waals surface area contributed by atoms with Gasteiger partial charge in [-0.25, -0.2) is 9.37 Å². The number of amides is 1. The van der Waals surface area contributed by atoms with Crippen molar-refractivity contribution >= 4 is 34.1 Å². The van der Waals surface area contributed by atoms with E-state index < -0.39 is 0 Å². The number of nitrogens with one attached hydrogen (secondary N) is 1. The molecule has 0 aliphatic carbocycles. The zero-order valence-electron chi connectivity index (χ0n) is 10.9. The Bertz CT molecular complexity index is 816. The lowest BCUT2D eigenvalue weighted by molar-refractivity contribution is -0.116. The van der Waals surface area contributed by atoms with Gasteiger partial charge in [0.1, 0.15) is 12.4 Å². The Kier molecular flexibility index (Phi) is 3.58. The number of nitrogens with zero attached hydrogens (tertiary/aromatic N) is 2. The number of pyridine rings is 1. The number of anilines is 1. The molecule has 0 unspecified atom stereocenters. The Morgan fingerprint density at radius 3 is 3.00 bits per heavy atom. The van der Waals surface area contributed by atoms with E-state index in [2.05, 4.69) is 10.3 Å². The van der Waals surface area contributed by atoms with Crippen LogP contribution in [0.2, 0.25) is 5.15 Å². The molecule has 2 aromatic heterocycles. The summed E-state index contributed by atoms with van der Waals surface area (Å²) in [6.07, 6.45) is 3.29. The van der Waals surface area contributed by atoms with Crippen LogP contribution in [0.3, 0.4) is 0 Å². The Hall–Kier alpha value is -2.40. The summed E-state index contributed by atoms with van der Waals surface area (Å²) in [6, 6.07) is 9.65.